The zero-order valence-electron chi connectivity index (χ0n) is 16.0. The number of ketones is 2. The zero-order valence-corrected chi connectivity index (χ0v) is 16.0. The zero-order chi connectivity index (χ0) is 19.7. The van der Waals surface area contributed by atoms with Gasteiger partial charge in [-0.1, -0.05) is 60.2 Å². The Labute approximate surface area is 168 Å². The average Bonchev–Trinajstić information content (AvgIpc) is 3.33. The number of aryl methyl sites for hydroxylation is 1. The molecular formula is C24H21NO4. The molecule has 0 radical (unpaired) electrons. The molecule has 4 heterocycles. The molecular weight excluding hydrogens is 366 g/mol. The smallest absolute Gasteiger partial charge is 0.218 e. The lowest BCUT2D eigenvalue weighted by Gasteiger charge is -2.35. The predicted octanol–water partition coefficient (Wildman–Crippen LogP) is 3.02. The molecule has 29 heavy (non-hydrogen) atoms. The molecule has 2 aromatic carbocycles. The Morgan fingerprint density at radius 3 is 2.72 bits per heavy atom. The molecule has 0 spiro atoms. The van der Waals surface area contributed by atoms with Gasteiger partial charge >= 0.3 is 0 Å². The van der Waals surface area contributed by atoms with Gasteiger partial charge in [0.2, 0.25) is 6.29 Å². The van der Waals surface area contributed by atoms with Crippen molar-refractivity contribution in [2.75, 3.05) is 11.5 Å². The van der Waals surface area contributed by atoms with Gasteiger partial charge in [-0.15, -0.1) is 0 Å². The van der Waals surface area contributed by atoms with Crippen molar-refractivity contribution in [1.82, 2.24) is 0 Å². The number of fused-ring (bicyclic) bond motifs is 8. The van der Waals surface area contributed by atoms with Crippen LogP contribution in [-0.4, -0.2) is 42.7 Å². The fraction of sp³-hybridized carbons (Fsp3) is 0.333. The van der Waals surface area contributed by atoms with E-state index in [2.05, 4.69) is 17.1 Å². The summed E-state index contributed by atoms with van der Waals surface area (Å²) in [5.74, 6) is -0.530. The first kappa shape index (κ1) is 17.1. The molecule has 2 aromatic rings. The van der Waals surface area contributed by atoms with E-state index in [1.54, 1.807) is 0 Å². The number of ether oxygens (including phenoxy) is 2. The van der Waals surface area contributed by atoms with E-state index >= 15 is 0 Å². The van der Waals surface area contributed by atoms with E-state index in [1.807, 2.05) is 55.5 Å². The standard InChI is InChI=1S/C24H21NO4/c1-13-6-8-15(9-7-13)22(26)21-20-18-12-28-24(29-18)23(27)19(20)17-11-10-14-4-2-3-5-16(14)25(17)21/h2-11,17-21,24H,12H2,1H3/t17-,18+,19-,20+,21+,24+/m1/s1. The molecule has 2 bridgehead atoms. The number of anilines is 1. The molecule has 3 fully saturated rings. The highest BCUT2D eigenvalue weighted by Crippen LogP contribution is 2.50. The third-order valence-corrected chi connectivity index (χ3v) is 6.76. The first-order valence-corrected chi connectivity index (χ1v) is 10.1. The average molecular weight is 387 g/mol. The highest BCUT2D eigenvalue weighted by atomic mass is 16.7. The van der Waals surface area contributed by atoms with Crippen LogP contribution in [0.1, 0.15) is 21.5 Å². The molecule has 0 unspecified atom stereocenters. The van der Waals surface area contributed by atoms with Gasteiger partial charge in [-0.05, 0) is 18.6 Å². The van der Waals surface area contributed by atoms with Crippen molar-refractivity contribution in [1.29, 1.82) is 0 Å². The van der Waals surface area contributed by atoms with Crippen LogP contribution in [0.5, 0.6) is 0 Å². The third kappa shape index (κ3) is 2.35. The third-order valence-electron chi connectivity index (χ3n) is 6.76. The maximum absolute atomic E-state index is 13.8. The van der Waals surface area contributed by atoms with Crippen LogP contribution in [0.4, 0.5) is 5.69 Å². The van der Waals surface area contributed by atoms with Crippen LogP contribution in [0.25, 0.3) is 6.08 Å². The highest BCUT2D eigenvalue weighted by molar-refractivity contribution is 6.05. The van der Waals surface area contributed by atoms with E-state index in [0.717, 1.165) is 16.8 Å². The van der Waals surface area contributed by atoms with Crippen molar-refractivity contribution in [2.24, 2.45) is 11.8 Å². The summed E-state index contributed by atoms with van der Waals surface area (Å²) in [6.45, 7) is 2.37. The first-order chi connectivity index (χ1) is 14.1. The maximum Gasteiger partial charge on any atom is 0.218 e. The molecule has 0 aliphatic carbocycles. The molecule has 6 atom stereocenters. The molecule has 4 aliphatic heterocycles. The molecule has 4 aliphatic rings. The molecule has 0 saturated carbocycles. The van der Waals surface area contributed by atoms with Crippen molar-refractivity contribution < 1.29 is 19.1 Å². The van der Waals surface area contributed by atoms with E-state index in [4.69, 9.17) is 9.47 Å². The number of hydrogen-bond donors (Lipinski definition) is 0. The van der Waals surface area contributed by atoms with Crippen LogP contribution in [-0.2, 0) is 14.3 Å². The van der Waals surface area contributed by atoms with Gasteiger partial charge in [0, 0.05) is 17.2 Å². The lowest BCUT2D eigenvalue weighted by molar-refractivity contribution is -0.163. The van der Waals surface area contributed by atoms with E-state index < -0.39 is 12.3 Å². The van der Waals surface area contributed by atoms with Crippen LogP contribution in [0.3, 0.4) is 0 Å². The Kier molecular flexibility index (Phi) is 3.61. The van der Waals surface area contributed by atoms with Gasteiger partial charge in [0.15, 0.2) is 11.6 Å². The van der Waals surface area contributed by atoms with Crippen molar-refractivity contribution in [2.45, 2.75) is 31.4 Å². The summed E-state index contributed by atoms with van der Waals surface area (Å²) in [4.78, 5) is 29.1. The van der Waals surface area contributed by atoms with Crippen LogP contribution in [0.15, 0.2) is 54.6 Å². The van der Waals surface area contributed by atoms with E-state index in [9.17, 15) is 9.59 Å². The number of carbonyl (C=O) groups excluding carboxylic acids is 2. The van der Waals surface area contributed by atoms with Crippen LogP contribution < -0.4 is 4.90 Å². The topological polar surface area (TPSA) is 55.8 Å². The lowest BCUT2D eigenvalue weighted by atomic mass is 9.77. The van der Waals surface area contributed by atoms with Gasteiger partial charge in [-0.25, -0.2) is 0 Å². The number of Topliss-reactive ketones (excluding diaryl/α,β-unsaturated/α-hetero) is 2. The van der Waals surface area contributed by atoms with Crippen molar-refractivity contribution >= 4 is 23.3 Å². The predicted molar refractivity (Wildman–Crippen MR) is 108 cm³/mol. The summed E-state index contributed by atoms with van der Waals surface area (Å²) in [7, 11) is 0. The summed E-state index contributed by atoms with van der Waals surface area (Å²) in [5.41, 5.74) is 3.85. The quantitative estimate of drug-likeness (QED) is 0.742. The number of para-hydroxylation sites is 1. The summed E-state index contributed by atoms with van der Waals surface area (Å²) in [6, 6.07) is 15.1. The summed E-state index contributed by atoms with van der Waals surface area (Å²) in [5, 5.41) is 0. The van der Waals surface area contributed by atoms with E-state index in [1.165, 1.54) is 0 Å². The normalized spacial score (nSPS) is 34.0. The molecule has 3 saturated heterocycles. The molecule has 0 N–H and O–H groups in total. The largest absolute Gasteiger partial charge is 0.353 e. The summed E-state index contributed by atoms with van der Waals surface area (Å²) < 4.78 is 11.5. The SMILES string of the molecule is Cc1ccc(C(=O)[C@@H]2[C@@H]3[C@H](C(=O)[C@H]4OC[C@@H]3O4)[C@H]3C=Cc4ccccc4N32)cc1. The van der Waals surface area contributed by atoms with Gasteiger partial charge in [-0.3, -0.25) is 9.59 Å². The van der Waals surface area contributed by atoms with Gasteiger partial charge in [0.05, 0.1) is 30.7 Å². The van der Waals surface area contributed by atoms with Gasteiger partial charge < -0.3 is 14.4 Å². The minimum absolute atomic E-state index is 0.0364. The fourth-order valence-corrected chi connectivity index (χ4v) is 5.47. The monoisotopic (exact) mass is 387 g/mol. The van der Waals surface area contributed by atoms with Crippen LogP contribution in [0.2, 0.25) is 0 Å². The second kappa shape index (κ2) is 6.12. The van der Waals surface area contributed by atoms with Gasteiger partial charge in [0.1, 0.15) is 0 Å². The molecule has 0 aromatic heterocycles. The van der Waals surface area contributed by atoms with Gasteiger partial charge in [-0.2, -0.15) is 0 Å². The number of carbonyl (C=O) groups is 2. The van der Waals surface area contributed by atoms with Crippen LogP contribution >= 0.6 is 0 Å². The Morgan fingerprint density at radius 1 is 1.10 bits per heavy atom. The second-order valence-electron chi connectivity index (χ2n) is 8.34. The Hall–Kier alpha value is -2.76. The Balaban J connectivity index is 1.52. The van der Waals surface area contributed by atoms with E-state index in [0.29, 0.717) is 12.2 Å². The van der Waals surface area contributed by atoms with Crippen LogP contribution in [0, 0.1) is 18.8 Å². The molecule has 0 amide bonds. The fourth-order valence-electron chi connectivity index (χ4n) is 5.47. The number of benzene rings is 2. The number of nitrogens with zero attached hydrogens (tertiary/aromatic N) is 1. The summed E-state index contributed by atoms with van der Waals surface area (Å²) >= 11 is 0. The maximum atomic E-state index is 13.8. The number of hydrogen-bond acceptors (Lipinski definition) is 5. The van der Waals surface area contributed by atoms with Crippen molar-refractivity contribution in [3.05, 3.63) is 71.3 Å². The molecule has 6 rings (SSSR count). The molecule has 146 valence electrons. The first-order valence-electron chi connectivity index (χ1n) is 10.1. The second-order valence-corrected chi connectivity index (χ2v) is 8.34. The number of rotatable bonds is 2. The molecule has 5 heteroatoms. The summed E-state index contributed by atoms with van der Waals surface area (Å²) in [6.07, 6.45) is 3.11. The van der Waals surface area contributed by atoms with Gasteiger partial charge in [0.25, 0.3) is 0 Å². The highest BCUT2D eigenvalue weighted by Gasteiger charge is 2.63. The van der Waals surface area contributed by atoms with E-state index in [-0.39, 0.29) is 35.5 Å². The van der Waals surface area contributed by atoms with Crippen molar-refractivity contribution in [3.8, 4) is 0 Å². The lowest BCUT2D eigenvalue weighted by Crippen LogP contribution is -2.48. The Morgan fingerprint density at radius 2 is 1.90 bits per heavy atom. The minimum atomic E-state index is -0.790. The minimum Gasteiger partial charge on any atom is -0.353 e. The van der Waals surface area contributed by atoms with Crippen molar-refractivity contribution in [3.63, 3.8) is 0 Å². The molecule has 5 nitrogen and oxygen atoms in total. The Bertz CT molecular complexity index is 1040.